The maximum atomic E-state index is 11.8. The summed E-state index contributed by atoms with van der Waals surface area (Å²) in [7, 11) is 0. The van der Waals surface area contributed by atoms with E-state index in [2.05, 4.69) is 20.8 Å². The van der Waals surface area contributed by atoms with Crippen molar-refractivity contribution in [2.45, 2.75) is 77.7 Å². The minimum atomic E-state index is -0.484. The third kappa shape index (κ3) is 1.74. The van der Waals surface area contributed by atoms with Crippen molar-refractivity contribution in [2.75, 3.05) is 0 Å². The van der Waals surface area contributed by atoms with Crippen LogP contribution < -0.4 is 0 Å². The van der Waals surface area contributed by atoms with E-state index in [1.807, 2.05) is 6.08 Å². The largest absolute Gasteiger partial charge is 0.390 e. The number of hydrogen-bond acceptors (Lipinski definition) is 2. The molecule has 4 aliphatic rings. The van der Waals surface area contributed by atoms with Gasteiger partial charge in [-0.15, -0.1) is 0 Å². The van der Waals surface area contributed by atoms with Crippen molar-refractivity contribution in [3.63, 3.8) is 0 Å². The number of allylic oxidation sites excluding steroid dienone is 1. The highest BCUT2D eigenvalue weighted by Gasteiger charge is 2.62. The van der Waals surface area contributed by atoms with Crippen molar-refractivity contribution in [3.05, 3.63) is 11.6 Å². The van der Waals surface area contributed by atoms with Crippen molar-refractivity contribution < 1.29 is 9.90 Å². The lowest BCUT2D eigenvalue weighted by Crippen LogP contribution is -2.53. The van der Waals surface area contributed by atoms with Crippen LogP contribution in [0.2, 0.25) is 0 Å². The summed E-state index contributed by atoms with van der Waals surface area (Å²) in [6.07, 6.45) is 10.7. The molecule has 0 heterocycles. The monoisotopic (exact) mass is 302 g/mol. The van der Waals surface area contributed by atoms with Gasteiger partial charge in [0.15, 0.2) is 5.78 Å². The van der Waals surface area contributed by atoms with E-state index in [0.717, 1.165) is 43.9 Å². The first-order valence-corrected chi connectivity index (χ1v) is 9.24. The Bertz CT molecular complexity index is 546. The maximum absolute atomic E-state index is 11.8. The molecule has 0 radical (unpaired) electrons. The first-order chi connectivity index (χ1) is 10.3. The van der Waals surface area contributed by atoms with Gasteiger partial charge in [0.1, 0.15) is 0 Å². The summed E-state index contributed by atoms with van der Waals surface area (Å²) in [6, 6.07) is 0. The number of aliphatic hydroxyl groups is 1. The van der Waals surface area contributed by atoms with E-state index in [4.69, 9.17) is 0 Å². The summed E-state index contributed by atoms with van der Waals surface area (Å²) >= 11 is 0. The standard InChI is InChI=1S/C20H30O2/c1-18-9-6-14(21)12-13(18)4-5-15-16(18)7-10-19(2)17(15)8-11-20(19,3)22/h12,15-17,22H,4-11H2,1-3H3/t15-,16+,17+,18+,19-,20+/m1/s1. The second-order valence-corrected chi connectivity index (χ2v) is 9.24. The zero-order valence-corrected chi connectivity index (χ0v) is 14.3. The van der Waals surface area contributed by atoms with Crippen LogP contribution in [0.5, 0.6) is 0 Å². The molecular weight excluding hydrogens is 272 g/mol. The van der Waals surface area contributed by atoms with E-state index in [-0.39, 0.29) is 10.8 Å². The molecule has 0 unspecified atom stereocenters. The lowest BCUT2D eigenvalue weighted by Gasteiger charge is -2.58. The van der Waals surface area contributed by atoms with Gasteiger partial charge in [-0.3, -0.25) is 4.79 Å². The molecule has 0 bridgehead atoms. The molecule has 122 valence electrons. The molecule has 0 saturated heterocycles. The molecule has 3 saturated carbocycles. The van der Waals surface area contributed by atoms with Crippen LogP contribution in [0.4, 0.5) is 0 Å². The van der Waals surface area contributed by atoms with E-state index in [0.29, 0.717) is 11.7 Å². The Hall–Kier alpha value is -0.630. The van der Waals surface area contributed by atoms with Gasteiger partial charge in [0.25, 0.3) is 0 Å². The summed E-state index contributed by atoms with van der Waals surface area (Å²) < 4.78 is 0. The highest BCUT2D eigenvalue weighted by molar-refractivity contribution is 5.91. The fourth-order valence-electron chi connectivity index (χ4n) is 6.80. The SMILES string of the molecule is C[C@]12CCC(=O)C=C1CC[C@@H]1[C@@H]2CC[C@]2(C)[C@H]1CC[C@]2(C)O. The van der Waals surface area contributed by atoms with E-state index in [1.54, 1.807) is 0 Å². The van der Waals surface area contributed by atoms with Crippen LogP contribution in [0, 0.1) is 28.6 Å². The van der Waals surface area contributed by atoms with Crippen LogP contribution in [0.15, 0.2) is 11.6 Å². The van der Waals surface area contributed by atoms with Crippen LogP contribution in [0.25, 0.3) is 0 Å². The number of rotatable bonds is 0. The van der Waals surface area contributed by atoms with Crippen LogP contribution in [-0.4, -0.2) is 16.5 Å². The minimum absolute atomic E-state index is 0.107. The molecule has 0 spiro atoms. The van der Waals surface area contributed by atoms with Gasteiger partial charge < -0.3 is 5.11 Å². The summed E-state index contributed by atoms with van der Waals surface area (Å²) in [5.41, 5.74) is 1.32. The normalized spacial score (nSPS) is 54.3. The lowest BCUT2D eigenvalue weighted by molar-refractivity contribution is -0.124. The maximum Gasteiger partial charge on any atom is 0.155 e. The Morgan fingerprint density at radius 3 is 2.50 bits per heavy atom. The molecule has 0 amide bonds. The second kappa shape index (κ2) is 4.47. The number of hydrogen-bond donors (Lipinski definition) is 1. The van der Waals surface area contributed by atoms with Crippen molar-refractivity contribution in [1.29, 1.82) is 0 Å². The Morgan fingerprint density at radius 2 is 1.73 bits per heavy atom. The number of ketones is 1. The topological polar surface area (TPSA) is 37.3 Å². The molecule has 3 fully saturated rings. The fraction of sp³-hybridized carbons (Fsp3) is 0.850. The van der Waals surface area contributed by atoms with Gasteiger partial charge in [-0.1, -0.05) is 19.4 Å². The molecule has 0 aromatic heterocycles. The molecular formula is C20H30O2. The third-order valence-corrected chi connectivity index (χ3v) is 8.52. The molecule has 0 aromatic rings. The van der Waals surface area contributed by atoms with Crippen LogP contribution in [0.3, 0.4) is 0 Å². The van der Waals surface area contributed by atoms with E-state index in [1.165, 1.54) is 24.8 Å². The van der Waals surface area contributed by atoms with Crippen molar-refractivity contribution in [3.8, 4) is 0 Å². The van der Waals surface area contributed by atoms with Gasteiger partial charge in [0.05, 0.1) is 5.60 Å². The van der Waals surface area contributed by atoms with Gasteiger partial charge in [0, 0.05) is 6.42 Å². The van der Waals surface area contributed by atoms with Gasteiger partial charge in [0.2, 0.25) is 0 Å². The molecule has 4 rings (SSSR count). The van der Waals surface area contributed by atoms with Crippen molar-refractivity contribution >= 4 is 5.78 Å². The van der Waals surface area contributed by atoms with Crippen LogP contribution >= 0.6 is 0 Å². The predicted octanol–water partition coefficient (Wildman–Crippen LogP) is 4.27. The second-order valence-electron chi connectivity index (χ2n) is 9.24. The average molecular weight is 302 g/mol. The summed E-state index contributed by atoms with van der Waals surface area (Å²) in [5.74, 6) is 2.50. The fourth-order valence-corrected chi connectivity index (χ4v) is 6.80. The smallest absolute Gasteiger partial charge is 0.155 e. The number of fused-ring (bicyclic) bond motifs is 5. The van der Waals surface area contributed by atoms with Crippen molar-refractivity contribution in [1.82, 2.24) is 0 Å². The van der Waals surface area contributed by atoms with Crippen molar-refractivity contribution in [2.24, 2.45) is 28.6 Å². The highest BCUT2D eigenvalue weighted by Crippen LogP contribution is 2.67. The van der Waals surface area contributed by atoms with Crippen LogP contribution in [0.1, 0.15) is 72.1 Å². The van der Waals surface area contributed by atoms with E-state index in [9.17, 15) is 9.90 Å². The zero-order chi connectivity index (χ0) is 15.8. The predicted molar refractivity (Wildman–Crippen MR) is 87.3 cm³/mol. The Kier molecular flexibility index (Phi) is 3.03. The number of carbonyl (C=O) groups excluding carboxylic acids is 1. The Morgan fingerprint density at radius 1 is 1.00 bits per heavy atom. The molecule has 0 aromatic carbocycles. The average Bonchev–Trinajstić information content (AvgIpc) is 2.70. The van der Waals surface area contributed by atoms with E-state index < -0.39 is 5.60 Å². The number of carbonyl (C=O) groups is 1. The lowest BCUT2D eigenvalue weighted by atomic mass is 9.46. The molecule has 6 atom stereocenters. The van der Waals surface area contributed by atoms with Gasteiger partial charge >= 0.3 is 0 Å². The van der Waals surface area contributed by atoms with Crippen LogP contribution in [-0.2, 0) is 4.79 Å². The first-order valence-electron chi connectivity index (χ1n) is 9.24. The molecule has 22 heavy (non-hydrogen) atoms. The molecule has 1 N–H and O–H groups in total. The van der Waals surface area contributed by atoms with E-state index >= 15 is 0 Å². The van der Waals surface area contributed by atoms with Gasteiger partial charge in [-0.2, -0.15) is 0 Å². The quantitative estimate of drug-likeness (QED) is 0.725. The molecule has 2 heteroatoms. The zero-order valence-electron chi connectivity index (χ0n) is 14.3. The first kappa shape index (κ1) is 14.9. The molecule has 0 aliphatic heterocycles. The van der Waals surface area contributed by atoms with Gasteiger partial charge in [-0.05, 0) is 86.5 Å². The summed E-state index contributed by atoms with van der Waals surface area (Å²) in [4.78, 5) is 11.8. The summed E-state index contributed by atoms with van der Waals surface area (Å²) in [5, 5.41) is 10.9. The molecule has 4 aliphatic carbocycles. The molecule has 2 nitrogen and oxygen atoms in total. The minimum Gasteiger partial charge on any atom is -0.390 e. The Balaban J connectivity index is 1.70. The summed E-state index contributed by atoms with van der Waals surface area (Å²) in [6.45, 7) is 6.85. The van der Waals surface area contributed by atoms with Gasteiger partial charge in [-0.25, -0.2) is 0 Å². The Labute approximate surface area is 134 Å². The third-order valence-electron chi connectivity index (χ3n) is 8.52. The highest BCUT2D eigenvalue weighted by atomic mass is 16.3.